The summed E-state index contributed by atoms with van der Waals surface area (Å²) in [6.45, 7) is -2.82. The Morgan fingerprint density at radius 2 is 2.08 bits per heavy atom. The third kappa shape index (κ3) is 3.47. The fourth-order valence-corrected chi connectivity index (χ4v) is 4.15. The lowest BCUT2D eigenvalue weighted by Crippen LogP contribution is -2.57. The van der Waals surface area contributed by atoms with E-state index in [9.17, 15) is 29.9 Å². The molecule has 0 saturated carbocycles. The number of benzene rings is 1. The van der Waals surface area contributed by atoms with Crippen molar-refractivity contribution in [3.63, 3.8) is 0 Å². The maximum absolute atomic E-state index is 12.0. The summed E-state index contributed by atoms with van der Waals surface area (Å²) in [5.74, 6) is -1.58. The van der Waals surface area contributed by atoms with E-state index >= 15 is 0 Å². The predicted octanol–water partition coefficient (Wildman–Crippen LogP) is -0.904. The number of carboxylic acid groups (broad SMARTS) is 1. The third-order valence-corrected chi connectivity index (χ3v) is 5.83. The summed E-state index contributed by atoms with van der Waals surface area (Å²) >= 11 is 1.03. The smallest absolute Gasteiger partial charge is 0.443 e. The molecule has 0 bridgehead atoms. The summed E-state index contributed by atoms with van der Waals surface area (Å²) in [6.07, 6.45) is -0.370. The fraction of sp³-hybridized carbons (Fsp3) is 0.467. The highest BCUT2D eigenvalue weighted by Gasteiger charge is 2.42. The van der Waals surface area contributed by atoms with Gasteiger partial charge in [-0.3, -0.25) is 4.79 Å². The van der Waals surface area contributed by atoms with Crippen molar-refractivity contribution in [1.82, 2.24) is 4.90 Å². The van der Waals surface area contributed by atoms with Gasteiger partial charge in [0, 0.05) is 13.1 Å². The Kier molecular flexibility index (Phi) is 5.06. The number of thioether (sulfide) groups is 1. The van der Waals surface area contributed by atoms with Gasteiger partial charge >= 0.3 is 12.7 Å². The van der Waals surface area contributed by atoms with Crippen LogP contribution in [0.3, 0.4) is 0 Å². The average molecular weight is 384 g/mol. The molecule has 26 heavy (non-hydrogen) atoms. The molecule has 11 heteroatoms. The Morgan fingerprint density at radius 1 is 1.38 bits per heavy atom. The lowest BCUT2D eigenvalue weighted by atomic mass is 9.69. The molecule has 2 heterocycles. The number of hydrogen-bond acceptors (Lipinski definition) is 8. The molecule has 0 aromatic heterocycles. The number of nitrogens with zero attached hydrogens (tertiary/aromatic N) is 1. The van der Waals surface area contributed by atoms with Crippen molar-refractivity contribution in [1.29, 1.82) is 0 Å². The van der Waals surface area contributed by atoms with Crippen LogP contribution in [0.2, 0.25) is 0 Å². The third-order valence-electron chi connectivity index (χ3n) is 4.47. The van der Waals surface area contributed by atoms with Crippen LogP contribution in [0.5, 0.6) is 11.5 Å². The van der Waals surface area contributed by atoms with Crippen LogP contribution in [0.1, 0.15) is 15.9 Å². The number of likely N-dealkylation sites (tertiary alicyclic amines) is 1. The van der Waals surface area contributed by atoms with E-state index < -0.39 is 24.0 Å². The van der Waals surface area contributed by atoms with Crippen molar-refractivity contribution >= 4 is 30.4 Å². The van der Waals surface area contributed by atoms with E-state index in [-0.39, 0.29) is 48.2 Å². The molecular formula is C15H19BNO8S-. The Bertz CT molecular complexity index is 737. The van der Waals surface area contributed by atoms with Crippen molar-refractivity contribution in [2.24, 2.45) is 0 Å². The van der Waals surface area contributed by atoms with Gasteiger partial charge in [0.2, 0.25) is 5.91 Å². The van der Waals surface area contributed by atoms with Gasteiger partial charge in [0.05, 0.1) is 24.7 Å². The van der Waals surface area contributed by atoms with E-state index in [0.29, 0.717) is 5.56 Å². The minimum absolute atomic E-state index is 0.00262. The van der Waals surface area contributed by atoms with Crippen LogP contribution in [-0.4, -0.2) is 81.0 Å². The van der Waals surface area contributed by atoms with Gasteiger partial charge in [0.15, 0.2) is 0 Å². The second kappa shape index (κ2) is 6.99. The number of hydrogen-bond donors (Lipinski definition) is 4. The monoisotopic (exact) mass is 384 g/mol. The molecule has 1 saturated heterocycles. The molecule has 142 valence electrons. The number of carboxylic acids is 1. The first kappa shape index (κ1) is 18.8. The van der Waals surface area contributed by atoms with Gasteiger partial charge in [0.1, 0.15) is 11.3 Å². The molecule has 2 aliphatic heterocycles. The Balaban J connectivity index is 1.77. The van der Waals surface area contributed by atoms with Gasteiger partial charge in [-0.15, -0.1) is 0 Å². The highest BCUT2D eigenvalue weighted by Crippen LogP contribution is 2.40. The van der Waals surface area contributed by atoms with Crippen molar-refractivity contribution in [2.75, 3.05) is 26.0 Å². The van der Waals surface area contributed by atoms with E-state index in [2.05, 4.69) is 0 Å². The van der Waals surface area contributed by atoms with Crippen molar-refractivity contribution in [3.8, 4) is 11.5 Å². The van der Waals surface area contributed by atoms with Crippen LogP contribution in [0.4, 0.5) is 0 Å². The minimum atomic E-state index is -3.37. The molecule has 0 spiro atoms. The first-order valence-corrected chi connectivity index (χ1v) is 9.06. The summed E-state index contributed by atoms with van der Waals surface area (Å²) < 4.78 is 10.3. The van der Waals surface area contributed by atoms with Crippen LogP contribution in [0.25, 0.3) is 0 Å². The highest BCUT2D eigenvalue weighted by molar-refractivity contribution is 8.02. The average Bonchev–Trinajstić information content (AvgIpc) is 2.54. The van der Waals surface area contributed by atoms with E-state index in [0.717, 1.165) is 11.8 Å². The van der Waals surface area contributed by atoms with Crippen molar-refractivity contribution in [2.45, 2.75) is 17.7 Å². The molecule has 0 aliphatic carbocycles. The first-order chi connectivity index (χ1) is 12.2. The number of ether oxygens (including phenoxy) is 1. The van der Waals surface area contributed by atoms with Crippen LogP contribution in [-0.2, 0) is 11.2 Å². The van der Waals surface area contributed by atoms with Crippen molar-refractivity contribution in [3.05, 3.63) is 23.3 Å². The number of methoxy groups -OCH3 is 1. The van der Waals surface area contributed by atoms with E-state index in [1.54, 1.807) is 6.07 Å². The van der Waals surface area contributed by atoms with Gasteiger partial charge in [-0.05, 0) is 23.2 Å². The molecule has 1 fully saturated rings. The Labute approximate surface area is 153 Å². The molecule has 1 aromatic carbocycles. The van der Waals surface area contributed by atoms with Gasteiger partial charge in [-0.25, -0.2) is 4.79 Å². The second-order valence-corrected chi connectivity index (χ2v) is 7.55. The summed E-state index contributed by atoms with van der Waals surface area (Å²) in [4.78, 5) is 25.0. The van der Waals surface area contributed by atoms with Gasteiger partial charge < -0.3 is 34.6 Å². The molecular weight excluding hydrogens is 365 g/mol. The first-order valence-electron chi connectivity index (χ1n) is 8.01. The van der Waals surface area contributed by atoms with E-state index in [1.165, 1.54) is 18.1 Å². The molecule has 1 atom stereocenters. The quantitative estimate of drug-likeness (QED) is 0.476. The van der Waals surface area contributed by atoms with Gasteiger partial charge in [0.25, 0.3) is 0 Å². The van der Waals surface area contributed by atoms with E-state index in [4.69, 9.17) is 9.39 Å². The zero-order valence-corrected chi connectivity index (χ0v) is 14.8. The van der Waals surface area contributed by atoms with Gasteiger partial charge in [-0.1, -0.05) is 6.07 Å². The topological polar surface area (TPSA) is 137 Å². The predicted molar refractivity (Wildman–Crippen MR) is 93.3 cm³/mol. The molecule has 3 rings (SSSR count). The Hall–Kier alpha value is -1.95. The summed E-state index contributed by atoms with van der Waals surface area (Å²) in [5, 5.41) is 38.4. The number of aromatic carboxylic acids is 1. The standard InChI is InChI=1S/C15H19BNO8S/c1-24-10-3-2-8-4-11(26-7-12(19)17-5-9(18)6-17)16(22,23)25-14(8)13(10)15(20)21/h2-3,9,11,18,22-23H,4-7H2,1H3,(H,20,21)/q-1/t11-/m0/s1. The molecule has 4 N–H and O–H groups in total. The summed E-state index contributed by atoms with van der Waals surface area (Å²) in [6, 6.07) is 3.09. The number of rotatable bonds is 5. The van der Waals surface area contributed by atoms with E-state index in [1.807, 2.05) is 0 Å². The maximum Gasteiger partial charge on any atom is 0.443 e. The van der Waals surface area contributed by atoms with Crippen LogP contribution in [0.15, 0.2) is 12.1 Å². The maximum atomic E-state index is 12.0. The van der Waals surface area contributed by atoms with Gasteiger partial charge in [-0.2, -0.15) is 11.8 Å². The number of fused-ring (bicyclic) bond motifs is 1. The summed E-state index contributed by atoms with van der Waals surface area (Å²) in [7, 11) is 1.31. The second-order valence-electron chi connectivity index (χ2n) is 6.32. The zero-order valence-electron chi connectivity index (χ0n) is 14.0. The molecule has 1 amide bonds. The molecule has 0 unspecified atom stereocenters. The minimum Gasteiger partial charge on any atom is -0.669 e. The lowest BCUT2D eigenvalue weighted by Gasteiger charge is -2.43. The molecule has 0 radical (unpaired) electrons. The zero-order chi connectivity index (χ0) is 19.1. The largest absolute Gasteiger partial charge is 0.669 e. The number of carbonyl (C=O) groups is 2. The van der Waals surface area contributed by atoms with Crippen LogP contribution >= 0.6 is 11.8 Å². The number of β-amino-alcohol motifs (C(OH)–C–C–N with tert-alkyl or cyclic N) is 1. The fourth-order valence-electron chi connectivity index (χ4n) is 3.01. The number of amides is 1. The molecule has 1 aromatic rings. The lowest BCUT2D eigenvalue weighted by molar-refractivity contribution is -0.138. The SMILES string of the molecule is COc1ccc2c(c1C(=O)O)O[B-](O)(O)[C@@H](SCC(=O)N1CC(O)C1)C2. The number of aliphatic hydroxyl groups excluding tert-OH is 1. The molecule has 9 nitrogen and oxygen atoms in total. The number of aliphatic hydroxyl groups is 1. The van der Waals surface area contributed by atoms with Crippen LogP contribution < -0.4 is 9.39 Å². The highest BCUT2D eigenvalue weighted by atomic mass is 32.2. The molecule has 2 aliphatic rings. The Morgan fingerprint density at radius 3 is 2.65 bits per heavy atom. The van der Waals surface area contributed by atoms with Crippen molar-refractivity contribution < 1.29 is 39.2 Å². The normalized spacial score (nSPS) is 21.4. The summed E-state index contributed by atoms with van der Waals surface area (Å²) in [5.41, 5.74) is 0.224. The number of carbonyl (C=O) groups excluding carboxylic acids is 1. The van der Waals surface area contributed by atoms with Crippen LogP contribution in [0, 0.1) is 0 Å².